The molecule has 0 aliphatic heterocycles. The number of aliphatic hydroxyl groups excluding tert-OH is 1. The second-order valence-electron chi connectivity index (χ2n) is 9.75. The van der Waals surface area contributed by atoms with E-state index in [9.17, 15) is 20.0 Å². The predicted molar refractivity (Wildman–Crippen MR) is 137 cm³/mol. The van der Waals surface area contributed by atoms with Crippen LogP contribution in [0.2, 0.25) is 0 Å². The summed E-state index contributed by atoms with van der Waals surface area (Å²) in [5.74, 6) is 0.323. The van der Waals surface area contributed by atoms with E-state index in [0.29, 0.717) is 47.8 Å². The van der Waals surface area contributed by atoms with Crippen LogP contribution in [0.25, 0.3) is 11.0 Å². The molecule has 0 bridgehead atoms. The Kier molecular flexibility index (Phi) is 7.77. The molecule has 184 valence electrons. The molecule has 0 aliphatic rings. The molecule has 3 rings (SSSR count). The Morgan fingerprint density at radius 2 is 1.91 bits per heavy atom. The van der Waals surface area contributed by atoms with E-state index in [2.05, 4.69) is 21.7 Å². The number of amides is 3. The van der Waals surface area contributed by atoms with Gasteiger partial charge in [0.2, 0.25) is 11.9 Å². The molecule has 0 unspecified atom stereocenters. The summed E-state index contributed by atoms with van der Waals surface area (Å²) in [6.45, 7) is 8.33. The Balaban J connectivity index is 1.87. The number of nitriles is 1. The van der Waals surface area contributed by atoms with E-state index >= 15 is 0 Å². The predicted octanol–water partition coefficient (Wildman–Crippen LogP) is 4.64. The SMILES string of the molecule is Cc1ccc(NC(=O)Nc2nc3cc(N(C)C(=O)CC(C)(C)C)ccc3n2CCCO)cc1C#N. The molecule has 9 heteroatoms. The topological polar surface area (TPSA) is 123 Å². The van der Waals surface area contributed by atoms with Crippen LogP contribution in [0.5, 0.6) is 0 Å². The number of imidazole rings is 1. The molecule has 1 aromatic heterocycles. The van der Waals surface area contributed by atoms with Gasteiger partial charge in [-0.15, -0.1) is 0 Å². The summed E-state index contributed by atoms with van der Waals surface area (Å²) in [6, 6.07) is 12.2. The number of rotatable bonds is 7. The Labute approximate surface area is 205 Å². The van der Waals surface area contributed by atoms with Crippen molar-refractivity contribution in [1.29, 1.82) is 5.26 Å². The first-order valence-electron chi connectivity index (χ1n) is 11.5. The van der Waals surface area contributed by atoms with Crippen LogP contribution in [0.15, 0.2) is 36.4 Å². The highest BCUT2D eigenvalue weighted by Crippen LogP contribution is 2.27. The number of carbonyl (C=O) groups excluding carboxylic acids is 2. The molecular weight excluding hydrogens is 444 g/mol. The largest absolute Gasteiger partial charge is 0.396 e. The molecule has 0 saturated carbocycles. The van der Waals surface area contributed by atoms with Gasteiger partial charge in [-0.25, -0.2) is 9.78 Å². The number of hydrogen-bond donors (Lipinski definition) is 3. The van der Waals surface area contributed by atoms with Crippen molar-refractivity contribution in [3.8, 4) is 6.07 Å². The van der Waals surface area contributed by atoms with Gasteiger partial charge in [0.25, 0.3) is 0 Å². The first-order valence-corrected chi connectivity index (χ1v) is 11.5. The van der Waals surface area contributed by atoms with Crippen LogP contribution in [0, 0.1) is 23.7 Å². The number of urea groups is 1. The van der Waals surface area contributed by atoms with Crippen molar-refractivity contribution in [3.63, 3.8) is 0 Å². The number of benzene rings is 2. The first-order chi connectivity index (χ1) is 16.5. The number of nitrogens with one attached hydrogen (secondary N) is 2. The molecule has 0 spiro atoms. The molecule has 0 atom stereocenters. The first kappa shape index (κ1) is 25.7. The number of aryl methyl sites for hydroxylation is 2. The number of aromatic nitrogens is 2. The number of nitrogens with zero attached hydrogens (tertiary/aromatic N) is 4. The summed E-state index contributed by atoms with van der Waals surface area (Å²) < 4.78 is 1.82. The normalized spacial score (nSPS) is 11.2. The molecule has 35 heavy (non-hydrogen) atoms. The lowest BCUT2D eigenvalue weighted by Gasteiger charge is -2.23. The Hall–Kier alpha value is -3.90. The lowest BCUT2D eigenvalue weighted by Crippen LogP contribution is -2.29. The van der Waals surface area contributed by atoms with Gasteiger partial charge in [0.1, 0.15) is 0 Å². The van der Waals surface area contributed by atoms with Gasteiger partial charge >= 0.3 is 6.03 Å². The smallest absolute Gasteiger partial charge is 0.326 e. The van der Waals surface area contributed by atoms with Crippen LogP contribution >= 0.6 is 0 Å². The van der Waals surface area contributed by atoms with Crippen molar-refractivity contribution in [2.24, 2.45) is 5.41 Å². The standard InChI is InChI=1S/C26H32N6O3/c1-17-7-8-19(13-18(17)16-27)28-25(35)30-24-29-21-14-20(31(5)23(34)15-26(2,3)4)9-10-22(21)32(24)11-6-12-33/h7-10,13-14,33H,6,11-12,15H2,1-5H3,(H2,28,29,30,35). The quantitative estimate of drug-likeness (QED) is 0.458. The highest BCUT2D eigenvalue weighted by Gasteiger charge is 2.21. The van der Waals surface area contributed by atoms with E-state index < -0.39 is 6.03 Å². The Morgan fingerprint density at radius 1 is 1.17 bits per heavy atom. The summed E-state index contributed by atoms with van der Waals surface area (Å²) >= 11 is 0. The second-order valence-corrected chi connectivity index (χ2v) is 9.75. The number of hydrogen-bond acceptors (Lipinski definition) is 5. The van der Waals surface area contributed by atoms with E-state index in [-0.39, 0.29) is 17.9 Å². The third-order valence-electron chi connectivity index (χ3n) is 5.56. The molecule has 2 aromatic carbocycles. The number of aliphatic hydroxyl groups is 1. The third-order valence-corrected chi connectivity index (χ3v) is 5.56. The maximum Gasteiger partial charge on any atom is 0.326 e. The molecule has 3 aromatic rings. The molecule has 0 aliphatic carbocycles. The lowest BCUT2D eigenvalue weighted by molar-refractivity contribution is -0.120. The molecule has 0 radical (unpaired) electrons. The average Bonchev–Trinajstić information content (AvgIpc) is 3.12. The summed E-state index contributed by atoms with van der Waals surface area (Å²) in [7, 11) is 1.74. The van der Waals surface area contributed by atoms with Crippen molar-refractivity contribution in [2.75, 3.05) is 29.2 Å². The van der Waals surface area contributed by atoms with Crippen molar-refractivity contribution in [2.45, 2.75) is 47.1 Å². The minimum atomic E-state index is -0.504. The lowest BCUT2D eigenvalue weighted by atomic mass is 9.91. The fourth-order valence-corrected chi connectivity index (χ4v) is 3.68. The van der Waals surface area contributed by atoms with Crippen molar-refractivity contribution in [3.05, 3.63) is 47.5 Å². The maximum atomic E-state index is 12.7. The van der Waals surface area contributed by atoms with Gasteiger partial charge in [0.05, 0.1) is 22.7 Å². The zero-order valence-electron chi connectivity index (χ0n) is 20.8. The van der Waals surface area contributed by atoms with Gasteiger partial charge in [0.15, 0.2) is 0 Å². The summed E-state index contributed by atoms with van der Waals surface area (Å²) in [6.07, 6.45) is 0.892. The fourth-order valence-electron chi connectivity index (χ4n) is 3.68. The van der Waals surface area contributed by atoms with Gasteiger partial charge in [-0.3, -0.25) is 10.1 Å². The van der Waals surface area contributed by atoms with E-state index in [1.165, 1.54) is 0 Å². The zero-order chi connectivity index (χ0) is 25.8. The van der Waals surface area contributed by atoms with E-state index in [0.717, 1.165) is 11.1 Å². The fraction of sp³-hybridized carbons (Fsp3) is 0.385. The highest BCUT2D eigenvalue weighted by atomic mass is 16.3. The molecule has 3 amide bonds. The van der Waals surface area contributed by atoms with Crippen molar-refractivity contribution in [1.82, 2.24) is 9.55 Å². The minimum absolute atomic E-state index is 0.00382. The van der Waals surface area contributed by atoms with E-state index in [1.54, 1.807) is 30.1 Å². The van der Waals surface area contributed by atoms with Crippen LogP contribution in [-0.2, 0) is 11.3 Å². The summed E-state index contributed by atoms with van der Waals surface area (Å²) in [5, 5.41) is 24.1. The monoisotopic (exact) mass is 476 g/mol. The highest BCUT2D eigenvalue weighted by molar-refractivity contribution is 6.00. The molecular formula is C26H32N6O3. The van der Waals surface area contributed by atoms with Gasteiger partial charge in [-0.2, -0.15) is 5.26 Å². The van der Waals surface area contributed by atoms with E-state index in [1.807, 2.05) is 50.5 Å². The van der Waals surface area contributed by atoms with Crippen molar-refractivity contribution >= 4 is 40.3 Å². The van der Waals surface area contributed by atoms with Gasteiger partial charge in [-0.1, -0.05) is 26.8 Å². The van der Waals surface area contributed by atoms with Crippen LogP contribution in [0.3, 0.4) is 0 Å². The third kappa shape index (κ3) is 6.37. The number of anilines is 3. The average molecular weight is 477 g/mol. The van der Waals surface area contributed by atoms with Crippen LogP contribution in [-0.4, -0.2) is 40.3 Å². The van der Waals surface area contributed by atoms with Gasteiger partial charge in [0, 0.05) is 38.0 Å². The van der Waals surface area contributed by atoms with Crippen LogP contribution in [0.1, 0.15) is 44.7 Å². The molecule has 9 nitrogen and oxygen atoms in total. The van der Waals surface area contributed by atoms with Gasteiger partial charge < -0.3 is 19.9 Å². The summed E-state index contributed by atoms with van der Waals surface area (Å²) in [4.78, 5) is 31.6. The molecule has 0 fully saturated rings. The van der Waals surface area contributed by atoms with E-state index in [4.69, 9.17) is 0 Å². The van der Waals surface area contributed by atoms with Crippen molar-refractivity contribution < 1.29 is 14.7 Å². The molecule has 1 heterocycles. The minimum Gasteiger partial charge on any atom is -0.396 e. The zero-order valence-corrected chi connectivity index (χ0v) is 20.8. The van der Waals surface area contributed by atoms with Crippen LogP contribution < -0.4 is 15.5 Å². The second kappa shape index (κ2) is 10.6. The number of fused-ring (bicyclic) bond motifs is 1. The Morgan fingerprint density at radius 3 is 2.57 bits per heavy atom. The summed E-state index contributed by atoms with van der Waals surface area (Å²) in [5.41, 5.74) is 3.77. The molecule has 0 saturated heterocycles. The van der Waals surface area contributed by atoms with Gasteiger partial charge in [-0.05, 0) is 54.7 Å². The molecule has 3 N–H and O–H groups in total. The Bertz CT molecular complexity index is 1280. The number of carbonyl (C=O) groups is 2. The maximum absolute atomic E-state index is 12.7. The van der Waals surface area contributed by atoms with Crippen LogP contribution in [0.4, 0.5) is 22.1 Å².